The van der Waals surface area contributed by atoms with E-state index >= 15 is 0 Å². The first-order valence-corrected chi connectivity index (χ1v) is 4.44. The molecule has 1 aromatic heterocycles. The minimum atomic E-state index is -0.417. The fourth-order valence-corrected chi connectivity index (χ4v) is 1.15. The first-order chi connectivity index (χ1) is 7.65. The van der Waals surface area contributed by atoms with E-state index in [4.69, 9.17) is 11.5 Å². The lowest BCUT2D eigenvalue weighted by Gasteiger charge is -2.05. The van der Waals surface area contributed by atoms with Gasteiger partial charge < -0.3 is 16.8 Å². The molecule has 0 atom stereocenters. The van der Waals surface area contributed by atoms with Crippen LogP contribution in [0, 0.1) is 5.82 Å². The largest absolute Gasteiger partial charge is 0.368 e. The first kappa shape index (κ1) is 10.1. The number of para-hydroxylation sites is 1. The Morgan fingerprint density at radius 3 is 2.25 bits per heavy atom. The zero-order chi connectivity index (χ0) is 11.5. The van der Waals surface area contributed by atoms with Crippen LogP contribution < -0.4 is 16.8 Å². The van der Waals surface area contributed by atoms with Gasteiger partial charge in [0.05, 0.1) is 5.69 Å². The Hall–Kier alpha value is -2.44. The molecule has 0 saturated carbocycles. The highest BCUT2D eigenvalue weighted by Gasteiger charge is 2.05. The summed E-state index contributed by atoms with van der Waals surface area (Å²) >= 11 is 0. The maximum Gasteiger partial charge on any atom is 0.233 e. The summed E-state index contributed by atoms with van der Waals surface area (Å²) in [6, 6.07) is 6.12. The van der Waals surface area contributed by atoms with Crippen LogP contribution in [0.2, 0.25) is 0 Å². The van der Waals surface area contributed by atoms with Crippen molar-refractivity contribution < 1.29 is 4.39 Å². The molecule has 0 spiro atoms. The second-order valence-corrected chi connectivity index (χ2v) is 2.98. The van der Waals surface area contributed by atoms with Gasteiger partial charge in [-0.05, 0) is 12.1 Å². The number of rotatable bonds is 2. The van der Waals surface area contributed by atoms with Gasteiger partial charge in [-0.15, -0.1) is 0 Å². The summed E-state index contributed by atoms with van der Waals surface area (Å²) in [5.41, 5.74) is 11.0. The van der Waals surface area contributed by atoms with Gasteiger partial charge in [-0.25, -0.2) is 4.39 Å². The molecule has 1 aromatic carbocycles. The average Bonchev–Trinajstić information content (AvgIpc) is 2.20. The molecule has 82 valence electrons. The van der Waals surface area contributed by atoms with Gasteiger partial charge in [-0.3, -0.25) is 0 Å². The number of nitrogen functional groups attached to an aromatic ring is 2. The van der Waals surface area contributed by atoms with Crippen LogP contribution in [0.25, 0.3) is 0 Å². The van der Waals surface area contributed by atoms with E-state index < -0.39 is 5.82 Å². The van der Waals surface area contributed by atoms with Crippen molar-refractivity contribution in [3.63, 3.8) is 0 Å². The molecule has 5 N–H and O–H groups in total. The Kier molecular flexibility index (Phi) is 2.50. The fourth-order valence-electron chi connectivity index (χ4n) is 1.15. The molecule has 0 fully saturated rings. The number of nitrogens with one attached hydrogen (secondary N) is 1. The molecule has 2 aromatic rings. The Labute approximate surface area is 90.5 Å². The van der Waals surface area contributed by atoms with E-state index in [1.807, 2.05) is 0 Å². The molecular weight excluding hydrogens is 211 g/mol. The van der Waals surface area contributed by atoms with Crippen LogP contribution in [-0.2, 0) is 0 Å². The van der Waals surface area contributed by atoms with E-state index in [0.717, 1.165) is 0 Å². The van der Waals surface area contributed by atoms with Crippen LogP contribution in [0.1, 0.15) is 0 Å². The highest BCUT2D eigenvalue weighted by molar-refractivity contribution is 5.55. The third-order valence-electron chi connectivity index (χ3n) is 1.79. The molecule has 0 radical (unpaired) electrons. The van der Waals surface area contributed by atoms with Crippen LogP contribution >= 0.6 is 0 Å². The second-order valence-electron chi connectivity index (χ2n) is 2.98. The molecule has 0 aliphatic rings. The van der Waals surface area contributed by atoms with E-state index in [9.17, 15) is 4.39 Å². The molecular formula is C9H9FN6. The van der Waals surface area contributed by atoms with Crippen molar-refractivity contribution in [3.8, 4) is 0 Å². The van der Waals surface area contributed by atoms with E-state index in [-0.39, 0.29) is 23.5 Å². The molecule has 16 heavy (non-hydrogen) atoms. The lowest BCUT2D eigenvalue weighted by Crippen LogP contribution is -2.07. The lowest BCUT2D eigenvalue weighted by molar-refractivity contribution is 0.631. The van der Waals surface area contributed by atoms with Crippen molar-refractivity contribution in [2.45, 2.75) is 0 Å². The third kappa shape index (κ3) is 2.14. The highest BCUT2D eigenvalue weighted by Crippen LogP contribution is 2.17. The van der Waals surface area contributed by atoms with Crippen LogP contribution in [0.3, 0.4) is 0 Å². The Morgan fingerprint density at radius 1 is 1.00 bits per heavy atom. The minimum Gasteiger partial charge on any atom is -0.368 e. The Balaban J connectivity index is 2.30. The first-order valence-electron chi connectivity index (χ1n) is 4.44. The molecule has 2 rings (SSSR count). The van der Waals surface area contributed by atoms with E-state index in [1.165, 1.54) is 6.07 Å². The summed E-state index contributed by atoms with van der Waals surface area (Å²) in [4.78, 5) is 11.1. The van der Waals surface area contributed by atoms with Crippen molar-refractivity contribution in [3.05, 3.63) is 30.1 Å². The summed E-state index contributed by atoms with van der Waals surface area (Å²) in [6.45, 7) is 0. The van der Waals surface area contributed by atoms with Gasteiger partial charge in [0.15, 0.2) is 0 Å². The van der Waals surface area contributed by atoms with Gasteiger partial charge in [0.25, 0.3) is 0 Å². The minimum absolute atomic E-state index is 0.0219. The van der Waals surface area contributed by atoms with Gasteiger partial charge >= 0.3 is 0 Å². The monoisotopic (exact) mass is 220 g/mol. The Morgan fingerprint density at radius 2 is 1.62 bits per heavy atom. The summed E-state index contributed by atoms with van der Waals surface area (Å²) < 4.78 is 13.3. The van der Waals surface area contributed by atoms with Gasteiger partial charge in [0, 0.05) is 0 Å². The summed E-state index contributed by atoms with van der Waals surface area (Å²) in [6.07, 6.45) is 0. The molecule has 0 aliphatic carbocycles. The van der Waals surface area contributed by atoms with Crippen LogP contribution in [-0.4, -0.2) is 15.0 Å². The SMILES string of the molecule is Nc1nc(N)nc(Nc2ccccc2F)n1. The Bertz CT molecular complexity index is 495. The number of halogens is 1. The normalized spacial score (nSPS) is 10.1. The third-order valence-corrected chi connectivity index (χ3v) is 1.79. The standard InChI is InChI=1S/C9H9FN6/c10-5-3-1-2-4-6(5)13-9-15-7(11)14-8(12)16-9/h1-4H,(H5,11,12,13,14,15,16). The predicted octanol–water partition coefficient (Wildman–Crippen LogP) is 0.919. The molecule has 0 bridgehead atoms. The topological polar surface area (TPSA) is 103 Å². The van der Waals surface area contributed by atoms with Crippen molar-refractivity contribution >= 4 is 23.5 Å². The average molecular weight is 220 g/mol. The van der Waals surface area contributed by atoms with Crippen LogP contribution in [0.15, 0.2) is 24.3 Å². The smallest absolute Gasteiger partial charge is 0.233 e. The number of nitrogens with two attached hydrogens (primary N) is 2. The second kappa shape index (κ2) is 3.97. The van der Waals surface area contributed by atoms with Crippen molar-refractivity contribution in [1.82, 2.24) is 15.0 Å². The van der Waals surface area contributed by atoms with Crippen molar-refractivity contribution in [2.75, 3.05) is 16.8 Å². The van der Waals surface area contributed by atoms with Gasteiger partial charge in [-0.2, -0.15) is 15.0 Å². The molecule has 0 unspecified atom stereocenters. The van der Waals surface area contributed by atoms with Gasteiger partial charge in [-0.1, -0.05) is 12.1 Å². The fraction of sp³-hybridized carbons (Fsp3) is 0. The maximum absolute atomic E-state index is 13.3. The van der Waals surface area contributed by atoms with Crippen molar-refractivity contribution in [2.24, 2.45) is 0 Å². The highest BCUT2D eigenvalue weighted by atomic mass is 19.1. The van der Waals surface area contributed by atoms with Crippen LogP contribution in [0.4, 0.5) is 27.9 Å². The zero-order valence-electron chi connectivity index (χ0n) is 8.18. The molecule has 6 nitrogen and oxygen atoms in total. The molecule has 0 saturated heterocycles. The lowest BCUT2D eigenvalue weighted by atomic mass is 10.3. The maximum atomic E-state index is 13.3. The number of anilines is 4. The quantitative estimate of drug-likeness (QED) is 0.695. The van der Waals surface area contributed by atoms with E-state index in [2.05, 4.69) is 20.3 Å². The molecule has 7 heteroatoms. The number of hydrogen-bond donors (Lipinski definition) is 3. The zero-order valence-corrected chi connectivity index (χ0v) is 8.18. The van der Waals surface area contributed by atoms with Crippen molar-refractivity contribution in [1.29, 1.82) is 0 Å². The predicted molar refractivity (Wildman–Crippen MR) is 58.3 cm³/mol. The number of benzene rings is 1. The van der Waals surface area contributed by atoms with Crippen LogP contribution in [0.5, 0.6) is 0 Å². The number of hydrogen-bond acceptors (Lipinski definition) is 6. The molecule has 0 aliphatic heterocycles. The number of aromatic nitrogens is 3. The molecule has 1 heterocycles. The van der Waals surface area contributed by atoms with Gasteiger partial charge in [0.2, 0.25) is 17.8 Å². The summed E-state index contributed by atoms with van der Waals surface area (Å²) in [5.74, 6) is -0.354. The summed E-state index contributed by atoms with van der Waals surface area (Å²) in [5, 5.41) is 2.66. The molecule has 0 amide bonds. The summed E-state index contributed by atoms with van der Waals surface area (Å²) in [7, 11) is 0. The van der Waals surface area contributed by atoms with Gasteiger partial charge in [0.1, 0.15) is 5.82 Å². The number of nitrogens with zero attached hydrogens (tertiary/aromatic N) is 3. The van der Waals surface area contributed by atoms with E-state index in [0.29, 0.717) is 0 Å². The van der Waals surface area contributed by atoms with E-state index in [1.54, 1.807) is 18.2 Å².